The fourth-order valence-corrected chi connectivity index (χ4v) is 2.35. The average Bonchev–Trinajstić information content (AvgIpc) is 2.69. The molecule has 0 radical (unpaired) electrons. The molecule has 2 aromatic carbocycles. The number of methoxy groups -OCH3 is 1. The van der Waals surface area contributed by atoms with Crippen LogP contribution in [0.1, 0.15) is 24.0 Å². The lowest BCUT2D eigenvalue weighted by molar-refractivity contribution is -0.143. The lowest BCUT2D eigenvalue weighted by Crippen LogP contribution is -2.31. The van der Waals surface area contributed by atoms with Crippen LogP contribution in [0.4, 0.5) is 4.39 Å². The molecule has 0 saturated carbocycles. The Kier molecular flexibility index (Phi) is 7.55. The first-order valence-electron chi connectivity index (χ1n) is 8.49. The first-order chi connectivity index (χ1) is 13.0. The normalized spacial score (nSPS) is 11.8. The van der Waals surface area contributed by atoms with Gasteiger partial charge in [-0.15, -0.1) is 0 Å². The van der Waals surface area contributed by atoms with Crippen LogP contribution >= 0.6 is 0 Å². The fourth-order valence-electron chi connectivity index (χ4n) is 2.35. The highest BCUT2D eigenvalue weighted by Crippen LogP contribution is 2.18. The third-order valence-electron chi connectivity index (χ3n) is 3.91. The van der Waals surface area contributed by atoms with E-state index < -0.39 is 11.8 Å². The van der Waals surface area contributed by atoms with E-state index in [4.69, 9.17) is 9.47 Å². The maximum atomic E-state index is 13.6. The average molecular weight is 371 g/mol. The Bertz CT molecular complexity index is 805. The van der Waals surface area contributed by atoms with E-state index in [2.05, 4.69) is 5.32 Å². The summed E-state index contributed by atoms with van der Waals surface area (Å²) in [6.07, 6.45) is 2.54. The Labute approximate surface area is 157 Å². The minimum absolute atomic E-state index is 0.121. The molecule has 5 nitrogen and oxygen atoms in total. The Morgan fingerprint density at radius 1 is 1.19 bits per heavy atom. The monoisotopic (exact) mass is 371 g/mol. The third kappa shape index (κ3) is 6.58. The molecule has 1 N–H and O–H groups in total. The number of amides is 1. The summed E-state index contributed by atoms with van der Waals surface area (Å²) in [5, 5.41) is 2.73. The molecular formula is C21H22FNO4. The molecule has 0 aliphatic carbocycles. The number of hydrogen-bond acceptors (Lipinski definition) is 4. The highest BCUT2D eigenvalue weighted by atomic mass is 19.1. The lowest BCUT2D eigenvalue weighted by Gasteiger charge is -2.12. The molecule has 0 saturated heterocycles. The minimum Gasteiger partial charge on any atom is -0.494 e. The predicted molar refractivity (Wildman–Crippen MR) is 101 cm³/mol. The van der Waals surface area contributed by atoms with E-state index in [0.717, 1.165) is 11.6 Å². The van der Waals surface area contributed by atoms with Crippen LogP contribution in [0.5, 0.6) is 5.75 Å². The molecule has 0 spiro atoms. The zero-order chi connectivity index (χ0) is 19.6. The Morgan fingerprint density at radius 2 is 1.93 bits per heavy atom. The van der Waals surface area contributed by atoms with Crippen LogP contribution in [0.3, 0.4) is 0 Å². The minimum atomic E-state index is -0.683. The van der Waals surface area contributed by atoms with E-state index in [9.17, 15) is 14.0 Å². The van der Waals surface area contributed by atoms with Gasteiger partial charge in [-0.25, -0.2) is 9.18 Å². The van der Waals surface area contributed by atoms with Crippen molar-refractivity contribution in [1.29, 1.82) is 0 Å². The van der Waals surface area contributed by atoms with Gasteiger partial charge in [0.2, 0.25) is 0 Å². The maximum Gasteiger partial charge on any atom is 0.331 e. The van der Waals surface area contributed by atoms with Gasteiger partial charge < -0.3 is 14.8 Å². The van der Waals surface area contributed by atoms with Gasteiger partial charge >= 0.3 is 5.97 Å². The Morgan fingerprint density at radius 3 is 2.59 bits per heavy atom. The van der Waals surface area contributed by atoms with Crippen LogP contribution in [-0.2, 0) is 14.3 Å². The van der Waals surface area contributed by atoms with Crippen LogP contribution in [0, 0.1) is 5.82 Å². The first-order valence-corrected chi connectivity index (χ1v) is 8.49. The van der Waals surface area contributed by atoms with E-state index in [1.54, 1.807) is 6.07 Å². The highest BCUT2D eigenvalue weighted by molar-refractivity contribution is 5.89. The van der Waals surface area contributed by atoms with Gasteiger partial charge in [0, 0.05) is 12.6 Å². The quantitative estimate of drug-likeness (QED) is 0.571. The van der Waals surface area contributed by atoms with Crippen molar-refractivity contribution in [3.63, 3.8) is 0 Å². The molecule has 0 bridgehead atoms. The number of ether oxygens (including phenoxy) is 2. The van der Waals surface area contributed by atoms with Crippen LogP contribution in [0.25, 0.3) is 6.08 Å². The molecular weight excluding hydrogens is 349 g/mol. The molecule has 2 aromatic rings. The molecule has 0 fully saturated rings. The van der Waals surface area contributed by atoms with Crippen molar-refractivity contribution < 1.29 is 23.5 Å². The summed E-state index contributed by atoms with van der Waals surface area (Å²) in [5.74, 6) is -1.32. The van der Waals surface area contributed by atoms with E-state index in [0.29, 0.717) is 12.1 Å². The van der Waals surface area contributed by atoms with Crippen LogP contribution < -0.4 is 10.1 Å². The Balaban J connectivity index is 1.74. The fraction of sp³-hybridized carbons (Fsp3) is 0.238. The van der Waals surface area contributed by atoms with Gasteiger partial charge in [0.1, 0.15) is 0 Å². The summed E-state index contributed by atoms with van der Waals surface area (Å²) in [5.41, 5.74) is 1.59. The van der Waals surface area contributed by atoms with Crippen LogP contribution in [0.15, 0.2) is 54.6 Å². The SMILES string of the molecule is COc1ccc(/C=C/C(=O)OCC(=O)NC[C@H](C)c2ccccc2)cc1F. The van der Waals surface area contributed by atoms with E-state index in [1.807, 2.05) is 37.3 Å². The van der Waals surface area contributed by atoms with Crippen molar-refractivity contribution in [2.24, 2.45) is 0 Å². The van der Waals surface area contributed by atoms with Gasteiger partial charge in [0.05, 0.1) is 7.11 Å². The van der Waals surface area contributed by atoms with E-state index in [-0.39, 0.29) is 24.2 Å². The second kappa shape index (κ2) is 10.1. The number of hydrogen-bond donors (Lipinski definition) is 1. The van der Waals surface area contributed by atoms with Crippen molar-refractivity contribution >= 4 is 18.0 Å². The van der Waals surface area contributed by atoms with Crippen LogP contribution in [0.2, 0.25) is 0 Å². The standard InChI is InChI=1S/C21H22FNO4/c1-15(17-6-4-3-5-7-17)13-23-20(24)14-27-21(25)11-9-16-8-10-19(26-2)18(22)12-16/h3-12,15H,13-14H2,1-2H3,(H,23,24)/b11-9+/t15-/m0/s1. The summed E-state index contributed by atoms with van der Waals surface area (Å²) in [4.78, 5) is 23.5. The molecule has 0 aromatic heterocycles. The van der Waals surface area contributed by atoms with Crippen molar-refractivity contribution in [1.82, 2.24) is 5.32 Å². The van der Waals surface area contributed by atoms with Crippen molar-refractivity contribution in [2.75, 3.05) is 20.3 Å². The molecule has 27 heavy (non-hydrogen) atoms. The molecule has 142 valence electrons. The van der Waals surface area contributed by atoms with E-state index >= 15 is 0 Å². The summed E-state index contributed by atoms with van der Waals surface area (Å²) in [6.45, 7) is 2.07. The molecule has 6 heteroatoms. The van der Waals surface area contributed by atoms with Crippen molar-refractivity contribution in [3.8, 4) is 5.75 Å². The van der Waals surface area contributed by atoms with Gasteiger partial charge in [-0.3, -0.25) is 4.79 Å². The summed E-state index contributed by atoms with van der Waals surface area (Å²) < 4.78 is 23.3. The summed E-state index contributed by atoms with van der Waals surface area (Å²) >= 11 is 0. The predicted octanol–water partition coefficient (Wildman–Crippen LogP) is 3.31. The molecule has 1 atom stereocenters. The van der Waals surface area contributed by atoms with Crippen LogP contribution in [-0.4, -0.2) is 32.1 Å². The molecule has 1 amide bonds. The molecule has 2 rings (SSSR count). The zero-order valence-electron chi connectivity index (χ0n) is 15.3. The van der Waals surface area contributed by atoms with Crippen molar-refractivity contribution in [3.05, 3.63) is 71.6 Å². The van der Waals surface area contributed by atoms with E-state index in [1.165, 1.54) is 25.3 Å². The lowest BCUT2D eigenvalue weighted by atomic mass is 10.0. The largest absolute Gasteiger partial charge is 0.494 e. The molecule has 0 unspecified atom stereocenters. The number of nitrogens with one attached hydrogen (secondary N) is 1. The summed E-state index contributed by atoms with van der Waals surface area (Å²) in [7, 11) is 1.37. The number of rotatable bonds is 8. The van der Waals surface area contributed by atoms with Gasteiger partial charge in [-0.05, 0) is 35.3 Å². The molecule has 0 heterocycles. The number of carbonyl (C=O) groups is 2. The van der Waals surface area contributed by atoms with Gasteiger partial charge in [0.25, 0.3) is 5.91 Å². The van der Waals surface area contributed by atoms with Gasteiger partial charge in [-0.2, -0.15) is 0 Å². The molecule has 0 aliphatic heterocycles. The highest BCUT2D eigenvalue weighted by Gasteiger charge is 2.09. The Hall–Kier alpha value is -3.15. The van der Waals surface area contributed by atoms with Gasteiger partial charge in [0.15, 0.2) is 18.2 Å². The topological polar surface area (TPSA) is 64.6 Å². The number of esters is 1. The second-order valence-corrected chi connectivity index (χ2v) is 5.95. The van der Waals surface area contributed by atoms with Crippen molar-refractivity contribution in [2.45, 2.75) is 12.8 Å². The van der Waals surface area contributed by atoms with Gasteiger partial charge in [-0.1, -0.05) is 43.3 Å². The smallest absolute Gasteiger partial charge is 0.331 e. The third-order valence-corrected chi connectivity index (χ3v) is 3.91. The maximum absolute atomic E-state index is 13.6. The zero-order valence-corrected chi connectivity index (χ0v) is 15.3. The first kappa shape index (κ1) is 20.2. The number of halogens is 1. The summed E-state index contributed by atoms with van der Waals surface area (Å²) in [6, 6.07) is 14.1. The number of carbonyl (C=O) groups excluding carboxylic acids is 2. The second-order valence-electron chi connectivity index (χ2n) is 5.95. The molecule has 0 aliphatic rings. The number of benzene rings is 2.